The molecule has 8 aromatic rings. The van der Waals surface area contributed by atoms with E-state index in [4.69, 9.17) is 0 Å². The Hall–Kier alpha value is -6.64. The minimum atomic E-state index is -0.219. The van der Waals surface area contributed by atoms with Gasteiger partial charge in [0, 0.05) is 45.0 Å². The molecule has 0 spiro atoms. The number of aryl methyl sites for hydroxylation is 4. The normalized spacial score (nSPS) is 15.3. The lowest BCUT2D eigenvalue weighted by molar-refractivity contribution is 0.664. The lowest BCUT2D eigenvalue weighted by atomic mass is 9.75. The van der Waals surface area contributed by atoms with Crippen molar-refractivity contribution in [2.45, 2.75) is 79.1 Å². The molecule has 0 saturated heterocycles. The van der Waals surface area contributed by atoms with E-state index in [1.807, 2.05) is 0 Å². The van der Waals surface area contributed by atoms with Crippen LogP contribution in [0.4, 0.5) is 28.4 Å². The third kappa shape index (κ3) is 5.48. The molecule has 3 aliphatic carbocycles. The van der Waals surface area contributed by atoms with Crippen molar-refractivity contribution in [3.8, 4) is 22.3 Å². The fourth-order valence-electron chi connectivity index (χ4n) is 11.7. The number of benzene rings is 8. The van der Waals surface area contributed by atoms with Crippen LogP contribution in [0.25, 0.3) is 43.8 Å². The van der Waals surface area contributed by atoms with E-state index in [2.05, 4.69) is 223 Å². The van der Waals surface area contributed by atoms with Gasteiger partial charge in [-0.25, -0.2) is 0 Å². The van der Waals surface area contributed by atoms with E-state index in [0.717, 1.165) is 24.2 Å². The number of hydrogen-bond acceptors (Lipinski definition) is 2. The minimum absolute atomic E-state index is 0.206. The molecule has 0 fully saturated rings. The largest absolute Gasteiger partial charge is 0.314 e. The highest BCUT2D eigenvalue weighted by Gasteiger charge is 2.42. The Kier molecular flexibility index (Phi) is 8.61. The maximum Gasteiger partial charge on any atom is 0.0467 e. The maximum absolute atomic E-state index is 2.50. The molecule has 0 heterocycles. The monoisotopic (exact) mass is 802 g/mol. The van der Waals surface area contributed by atoms with Crippen LogP contribution in [0.2, 0.25) is 0 Å². The first-order chi connectivity index (χ1) is 30.0. The number of rotatable bonds is 6. The van der Waals surface area contributed by atoms with Gasteiger partial charge in [0.15, 0.2) is 0 Å². The minimum Gasteiger partial charge on any atom is -0.314 e. The number of hydrogen-bond donors (Lipinski definition) is 0. The van der Waals surface area contributed by atoms with Crippen molar-refractivity contribution in [1.29, 1.82) is 0 Å². The number of anilines is 5. The van der Waals surface area contributed by atoms with Crippen molar-refractivity contribution in [3.63, 3.8) is 0 Å². The van der Waals surface area contributed by atoms with Gasteiger partial charge in [-0.1, -0.05) is 119 Å². The molecule has 0 amide bonds. The van der Waals surface area contributed by atoms with Crippen molar-refractivity contribution in [3.05, 3.63) is 208 Å². The predicted octanol–water partition coefficient (Wildman–Crippen LogP) is 16.7. The molecular weight excluding hydrogens is 749 g/mol. The highest BCUT2D eigenvalue weighted by Crippen LogP contribution is 2.59. The topological polar surface area (TPSA) is 6.48 Å². The summed E-state index contributed by atoms with van der Waals surface area (Å²) in [4.78, 5) is 4.89. The average molecular weight is 803 g/mol. The molecule has 0 bridgehead atoms. The van der Waals surface area contributed by atoms with Crippen LogP contribution in [-0.4, -0.2) is 0 Å². The van der Waals surface area contributed by atoms with E-state index in [1.165, 1.54) is 111 Å². The van der Waals surface area contributed by atoms with E-state index in [-0.39, 0.29) is 10.8 Å². The van der Waals surface area contributed by atoms with Gasteiger partial charge in [0.25, 0.3) is 0 Å². The van der Waals surface area contributed by atoms with Crippen molar-refractivity contribution in [1.82, 2.24) is 0 Å². The molecule has 3 aliphatic rings. The van der Waals surface area contributed by atoms with Crippen molar-refractivity contribution in [2.24, 2.45) is 0 Å². The fraction of sp³-hybridized carbons (Fsp3) is 0.200. The van der Waals surface area contributed by atoms with Crippen molar-refractivity contribution >= 4 is 50.0 Å². The second-order valence-corrected chi connectivity index (χ2v) is 19.0. The highest BCUT2D eigenvalue weighted by atomic mass is 15.2. The van der Waals surface area contributed by atoms with Gasteiger partial charge < -0.3 is 9.80 Å². The van der Waals surface area contributed by atoms with Crippen LogP contribution in [-0.2, 0) is 10.8 Å². The standard InChI is InChI=1S/C60H54N2/c1-37-33-45(61(41-21-13-9-14-22-41)42-23-15-10-16-24-42)35-51-53(37)49-31-29-47-48-30-32-50-54-38(2)34-46(62(43-25-17-11-18-26-43)44-27-19-12-20-28-44)36-52(54)60(7,8)58(50)56(48)40(4)39(3)55(47)57(49)59(51,5)6/h9-19,21-27,29-36H,20,28H2,1-8H3. The zero-order valence-corrected chi connectivity index (χ0v) is 37.3. The Balaban J connectivity index is 1.08. The van der Waals surface area contributed by atoms with Gasteiger partial charge in [-0.2, -0.15) is 0 Å². The molecule has 0 aliphatic heterocycles. The molecule has 304 valence electrons. The molecule has 0 radical (unpaired) electrons. The Morgan fingerprint density at radius 1 is 0.452 bits per heavy atom. The molecule has 2 heteroatoms. The Morgan fingerprint density at radius 2 is 0.871 bits per heavy atom. The van der Waals surface area contributed by atoms with Gasteiger partial charge in [0.05, 0.1) is 0 Å². The molecule has 8 aromatic carbocycles. The second kappa shape index (κ2) is 13.9. The van der Waals surface area contributed by atoms with Gasteiger partial charge in [-0.15, -0.1) is 0 Å². The van der Waals surface area contributed by atoms with Crippen LogP contribution >= 0.6 is 0 Å². The molecular formula is C60H54N2. The zero-order chi connectivity index (χ0) is 42.7. The van der Waals surface area contributed by atoms with Crippen LogP contribution in [0.1, 0.15) is 85.0 Å². The Bertz CT molecular complexity index is 3160. The molecule has 2 nitrogen and oxygen atoms in total. The van der Waals surface area contributed by atoms with Crippen LogP contribution in [0.15, 0.2) is 163 Å². The number of para-hydroxylation sites is 3. The smallest absolute Gasteiger partial charge is 0.0467 e. The fourth-order valence-corrected chi connectivity index (χ4v) is 11.7. The van der Waals surface area contributed by atoms with Crippen LogP contribution < -0.4 is 9.80 Å². The summed E-state index contributed by atoms with van der Waals surface area (Å²) < 4.78 is 0. The first kappa shape index (κ1) is 38.3. The molecule has 0 N–H and O–H groups in total. The highest BCUT2D eigenvalue weighted by molar-refractivity contribution is 6.17. The van der Waals surface area contributed by atoms with Gasteiger partial charge in [-0.3, -0.25) is 0 Å². The molecule has 0 atom stereocenters. The van der Waals surface area contributed by atoms with E-state index >= 15 is 0 Å². The number of allylic oxidation sites excluding steroid dienone is 4. The van der Waals surface area contributed by atoms with E-state index < -0.39 is 0 Å². The van der Waals surface area contributed by atoms with E-state index in [0.29, 0.717) is 0 Å². The van der Waals surface area contributed by atoms with Gasteiger partial charge in [-0.05, 0) is 196 Å². The summed E-state index contributed by atoms with van der Waals surface area (Å²) in [6, 6.07) is 52.0. The summed E-state index contributed by atoms with van der Waals surface area (Å²) in [7, 11) is 0. The lowest BCUT2D eigenvalue weighted by Gasteiger charge is -2.31. The van der Waals surface area contributed by atoms with Crippen LogP contribution in [0.5, 0.6) is 0 Å². The molecule has 62 heavy (non-hydrogen) atoms. The quantitative estimate of drug-likeness (QED) is 0.155. The average Bonchev–Trinajstić information content (AvgIpc) is 3.66. The summed E-state index contributed by atoms with van der Waals surface area (Å²) in [5.74, 6) is 0. The van der Waals surface area contributed by atoms with Gasteiger partial charge >= 0.3 is 0 Å². The Morgan fingerprint density at radius 3 is 1.29 bits per heavy atom. The van der Waals surface area contributed by atoms with E-state index in [1.54, 1.807) is 0 Å². The number of nitrogens with zero attached hydrogens (tertiary/aromatic N) is 2. The van der Waals surface area contributed by atoms with Crippen LogP contribution in [0, 0.1) is 27.7 Å². The van der Waals surface area contributed by atoms with Crippen molar-refractivity contribution in [2.75, 3.05) is 9.80 Å². The van der Waals surface area contributed by atoms with Gasteiger partial charge in [0.2, 0.25) is 0 Å². The summed E-state index contributed by atoms with van der Waals surface area (Å²) >= 11 is 0. The summed E-state index contributed by atoms with van der Waals surface area (Å²) in [6.45, 7) is 19.3. The summed E-state index contributed by atoms with van der Waals surface area (Å²) in [5.41, 5.74) is 23.6. The van der Waals surface area contributed by atoms with Crippen molar-refractivity contribution < 1.29 is 0 Å². The molecule has 0 unspecified atom stereocenters. The van der Waals surface area contributed by atoms with Crippen LogP contribution in [0.3, 0.4) is 0 Å². The van der Waals surface area contributed by atoms with E-state index in [9.17, 15) is 0 Å². The Labute approximate surface area is 367 Å². The SMILES string of the molecule is Cc1cc(N(C2=CC=CCC2)c2ccccc2)cc2c1-c1ccc3c(c(C)c(C)c4c5c(ccc43)-c3c(C)cc(N(c4ccccc4)c4ccccc4)cc3C5(C)C)c1C2(C)C. The third-order valence-corrected chi connectivity index (χ3v) is 14.6. The first-order valence-electron chi connectivity index (χ1n) is 22.4. The predicted molar refractivity (Wildman–Crippen MR) is 265 cm³/mol. The third-order valence-electron chi connectivity index (χ3n) is 14.6. The number of fused-ring (bicyclic) bond motifs is 11. The maximum atomic E-state index is 2.50. The first-order valence-corrected chi connectivity index (χ1v) is 22.4. The van der Waals surface area contributed by atoms with Gasteiger partial charge in [0.1, 0.15) is 0 Å². The zero-order valence-electron chi connectivity index (χ0n) is 37.3. The molecule has 0 saturated carbocycles. The summed E-state index contributed by atoms with van der Waals surface area (Å²) in [5, 5.41) is 5.55. The lowest BCUT2D eigenvalue weighted by Crippen LogP contribution is -2.20. The summed E-state index contributed by atoms with van der Waals surface area (Å²) in [6.07, 6.45) is 8.87. The molecule has 11 rings (SSSR count). The second-order valence-electron chi connectivity index (χ2n) is 19.0. The molecule has 0 aromatic heterocycles.